The number of benzene rings is 2. The van der Waals surface area contributed by atoms with E-state index >= 15 is 0 Å². The van der Waals surface area contributed by atoms with E-state index in [4.69, 9.17) is 9.15 Å². The number of carbonyl (C=O) groups excluding carboxylic acids is 1. The molecule has 7 heteroatoms. The number of hydrogen-bond acceptors (Lipinski definition) is 6. The number of phenols is 1. The third-order valence-electron chi connectivity index (χ3n) is 5.49. The van der Waals surface area contributed by atoms with Gasteiger partial charge in [-0.2, -0.15) is 0 Å². The normalized spacial score (nSPS) is 15.3. The van der Waals surface area contributed by atoms with Gasteiger partial charge in [-0.15, -0.1) is 0 Å². The maximum atomic E-state index is 13.4. The first-order chi connectivity index (χ1) is 15.1. The van der Waals surface area contributed by atoms with Crippen LogP contribution in [0, 0.1) is 0 Å². The Bertz CT molecular complexity index is 1360. The van der Waals surface area contributed by atoms with Crippen LogP contribution in [0.1, 0.15) is 33.3 Å². The van der Waals surface area contributed by atoms with Crippen LogP contribution in [0.25, 0.3) is 11.0 Å². The number of phenolic OH excluding ortho intramolecular Hbond substituents is 1. The molecule has 0 bridgehead atoms. The number of para-hydroxylation sites is 1. The molecule has 0 aliphatic carbocycles. The quantitative estimate of drug-likeness (QED) is 0.548. The zero-order valence-corrected chi connectivity index (χ0v) is 16.6. The van der Waals surface area contributed by atoms with Gasteiger partial charge in [0, 0.05) is 18.9 Å². The van der Waals surface area contributed by atoms with E-state index < -0.39 is 6.04 Å². The van der Waals surface area contributed by atoms with Crippen LogP contribution in [0.5, 0.6) is 11.5 Å². The summed E-state index contributed by atoms with van der Waals surface area (Å²) in [6, 6.07) is 14.6. The molecule has 1 N–H and O–H groups in total. The summed E-state index contributed by atoms with van der Waals surface area (Å²) in [6.45, 7) is 0.259. The van der Waals surface area contributed by atoms with Crippen LogP contribution in [-0.4, -0.2) is 28.0 Å². The maximum Gasteiger partial charge on any atom is 0.291 e. The van der Waals surface area contributed by atoms with E-state index in [9.17, 15) is 14.7 Å². The van der Waals surface area contributed by atoms with Gasteiger partial charge >= 0.3 is 0 Å². The lowest BCUT2D eigenvalue weighted by Crippen LogP contribution is -2.29. The van der Waals surface area contributed by atoms with E-state index in [2.05, 4.69) is 4.98 Å². The monoisotopic (exact) mass is 414 g/mol. The molecule has 0 fully saturated rings. The standard InChI is InChI=1S/C24H18N2O5/c1-30-19-12-15(6-7-17(19)27)21-20-22(28)16-4-2-3-5-18(16)31-23(20)24(29)26(21)13-14-8-10-25-11-9-14/h2-12,21,27H,13H2,1H3/t21-/m1/s1. The number of nitrogens with zero attached hydrogens (tertiary/aromatic N) is 2. The summed E-state index contributed by atoms with van der Waals surface area (Å²) in [5, 5.41) is 10.4. The molecule has 3 heterocycles. The van der Waals surface area contributed by atoms with Crippen molar-refractivity contribution in [1.29, 1.82) is 0 Å². The van der Waals surface area contributed by atoms with Crippen molar-refractivity contribution < 1.29 is 19.1 Å². The lowest BCUT2D eigenvalue weighted by Gasteiger charge is -2.25. The van der Waals surface area contributed by atoms with Gasteiger partial charge in [0.15, 0.2) is 16.9 Å². The molecule has 2 aromatic carbocycles. The first kappa shape index (κ1) is 18.9. The Labute approximate surface area is 177 Å². The molecule has 31 heavy (non-hydrogen) atoms. The Hall–Kier alpha value is -4.13. The lowest BCUT2D eigenvalue weighted by atomic mass is 9.98. The van der Waals surface area contributed by atoms with Gasteiger partial charge < -0.3 is 19.2 Å². The molecule has 0 spiro atoms. The highest BCUT2D eigenvalue weighted by atomic mass is 16.5. The zero-order chi connectivity index (χ0) is 21.5. The molecule has 1 aliphatic rings. The fourth-order valence-corrected chi connectivity index (χ4v) is 4.03. The fourth-order valence-electron chi connectivity index (χ4n) is 4.03. The average Bonchev–Trinajstić information content (AvgIpc) is 3.07. The Morgan fingerprint density at radius 2 is 1.87 bits per heavy atom. The molecule has 5 rings (SSSR count). The molecule has 7 nitrogen and oxygen atoms in total. The number of carbonyl (C=O) groups is 1. The predicted molar refractivity (Wildman–Crippen MR) is 113 cm³/mol. The smallest absolute Gasteiger partial charge is 0.291 e. The van der Waals surface area contributed by atoms with E-state index in [0.29, 0.717) is 16.5 Å². The summed E-state index contributed by atoms with van der Waals surface area (Å²) in [4.78, 5) is 32.5. The molecular weight excluding hydrogens is 396 g/mol. The van der Waals surface area contributed by atoms with Crippen LogP contribution in [-0.2, 0) is 6.54 Å². The van der Waals surface area contributed by atoms with E-state index in [1.165, 1.54) is 13.2 Å². The molecule has 2 aromatic heterocycles. The van der Waals surface area contributed by atoms with Crippen molar-refractivity contribution in [1.82, 2.24) is 9.88 Å². The van der Waals surface area contributed by atoms with Gasteiger partial charge in [0.05, 0.1) is 24.1 Å². The van der Waals surface area contributed by atoms with Crippen molar-refractivity contribution in [2.75, 3.05) is 7.11 Å². The summed E-state index contributed by atoms with van der Waals surface area (Å²) < 4.78 is 11.2. The lowest BCUT2D eigenvalue weighted by molar-refractivity contribution is 0.0714. The molecule has 4 aromatic rings. The van der Waals surface area contributed by atoms with E-state index in [1.807, 2.05) is 12.1 Å². The number of rotatable bonds is 4. The number of methoxy groups -OCH3 is 1. The second-order valence-electron chi connectivity index (χ2n) is 7.29. The summed E-state index contributed by atoms with van der Waals surface area (Å²) in [6.07, 6.45) is 3.30. The van der Waals surface area contributed by atoms with Crippen molar-refractivity contribution >= 4 is 16.9 Å². The van der Waals surface area contributed by atoms with Crippen LogP contribution in [0.4, 0.5) is 0 Å². The topological polar surface area (TPSA) is 92.9 Å². The highest BCUT2D eigenvalue weighted by molar-refractivity contribution is 5.99. The largest absolute Gasteiger partial charge is 0.504 e. The van der Waals surface area contributed by atoms with E-state index in [1.54, 1.807) is 53.7 Å². The molecule has 1 amide bonds. The Kier molecular flexibility index (Phi) is 4.43. The van der Waals surface area contributed by atoms with Gasteiger partial charge in [0.1, 0.15) is 5.58 Å². The number of amides is 1. The van der Waals surface area contributed by atoms with Crippen LogP contribution in [0.15, 0.2) is 76.2 Å². The fraction of sp³-hybridized carbons (Fsp3) is 0.125. The van der Waals surface area contributed by atoms with Crippen molar-refractivity contribution in [3.05, 3.63) is 99.7 Å². The van der Waals surface area contributed by atoms with Crippen LogP contribution < -0.4 is 10.2 Å². The van der Waals surface area contributed by atoms with Crippen molar-refractivity contribution in [3.8, 4) is 11.5 Å². The highest BCUT2D eigenvalue weighted by Gasteiger charge is 2.42. The first-order valence-corrected chi connectivity index (χ1v) is 9.71. The van der Waals surface area contributed by atoms with Gasteiger partial charge in [-0.1, -0.05) is 18.2 Å². The number of aromatic hydroxyl groups is 1. The number of pyridine rings is 1. The number of hydrogen-bond donors (Lipinski definition) is 1. The molecule has 1 atom stereocenters. The van der Waals surface area contributed by atoms with Crippen molar-refractivity contribution in [2.45, 2.75) is 12.6 Å². The van der Waals surface area contributed by atoms with Crippen LogP contribution in [0.2, 0.25) is 0 Å². The zero-order valence-electron chi connectivity index (χ0n) is 16.6. The molecule has 0 unspecified atom stereocenters. The highest BCUT2D eigenvalue weighted by Crippen LogP contribution is 2.41. The minimum atomic E-state index is -0.689. The average molecular weight is 414 g/mol. The maximum absolute atomic E-state index is 13.4. The van der Waals surface area contributed by atoms with Gasteiger partial charge in [0.2, 0.25) is 5.76 Å². The molecule has 154 valence electrons. The molecule has 1 aliphatic heterocycles. The Morgan fingerprint density at radius 1 is 1.10 bits per heavy atom. The van der Waals surface area contributed by atoms with Gasteiger partial charge in [-0.05, 0) is 47.5 Å². The van der Waals surface area contributed by atoms with Crippen molar-refractivity contribution in [3.63, 3.8) is 0 Å². The third kappa shape index (κ3) is 3.02. The minimum Gasteiger partial charge on any atom is -0.504 e. The second-order valence-corrected chi connectivity index (χ2v) is 7.29. The van der Waals surface area contributed by atoms with E-state index in [0.717, 1.165) is 5.56 Å². The predicted octanol–water partition coefficient (Wildman–Crippen LogP) is 3.65. The molecule has 0 radical (unpaired) electrons. The van der Waals surface area contributed by atoms with Gasteiger partial charge in [-0.25, -0.2) is 0 Å². The third-order valence-corrected chi connectivity index (χ3v) is 5.49. The number of fused-ring (bicyclic) bond motifs is 2. The first-order valence-electron chi connectivity index (χ1n) is 9.71. The summed E-state index contributed by atoms with van der Waals surface area (Å²) in [5.74, 6) is -0.101. The van der Waals surface area contributed by atoms with Crippen LogP contribution >= 0.6 is 0 Å². The number of aromatic nitrogens is 1. The number of ether oxygens (including phenoxy) is 1. The Balaban J connectivity index is 1.74. The summed E-state index contributed by atoms with van der Waals surface area (Å²) >= 11 is 0. The second kappa shape index (κ2) is 7.28. The molecular formula is C24H18N2O5. The van der Waals surface area contributed by atoms with E-state index in [-0.39, 0.29) is 40.7 Å². The van der Waals surface area contributed by atoms with Crippen molar-refractivity contribution in [2.24, 2.45) is 0 Å². The molecule has 0 saturated heterocycles. The SMILES string of the molecule is COc1cc([C@@H]2c3c(oc4ccccc4c3=O)C(=O)N2Cc2ccncc2)ccc1O. The summed E-state index contributed by atoms with van der Waals surface area (Å²) in [5.41, 5.74) is 1.90. The minimum absolute atomic E-state index is 0.0259. The van der Waals surface area contributed by atoms with Gasteiger partial charge in [-0.3, -0.25) is 14.6 Å². The van der Waals surface area contributed by atoms with Crippen LogP contribution in [0.3, 0.4) is 0 Å². The van der Waals surface area contributed by atoms with Gasteiger partial charge in [0.25, 0.3) is 5.91 Å². The molecule has 0 saturated carbocycles. The summed E-state index contributed by atoms with van der Waals surface area (Å²) in [7, 11) is 1.45. The Morgan fingerprint density at radius 3 is 2.65 bits per heavy atom.